The van der Waals surface area contributed by atoms with Gasteiger partial charge in [-0.15, -0.1) is 0 Å². The maximum Gasteiger partial charge on any atom is 0.446 e. The van der Waals surface area contributed by atoms with Gasteiger partial charge in [0, 0.05) is 17.0 Å². The lowest BCUT2D eigenvalue weighted by Gasteiger charge is -2.09. The Morgan fingerprint density at radius 1 is 1.44 bits per heavy atom. The molecule has 0 aliphatic heterocycles. The molecule has 0 aliphatic rings. The Bertz CT molecular complexity index is 404. The van der Waals surface area contributed by atoms with Crippen LogP contribution in [0.1, 0.15) is 12.5 Å². The summed E-state index contributed by atoms with van der Waals surface area (Å²) in [6.45, 7) is 1.38. The zero-order valence-corrected chi connectivity index (χ0v) is 9.28. The van der Waals surface area contributed by atoms with Crippen molar-refractivity contribution in [2.75, 3.05) is 5.73 Å². The van der Waals surface area contributed by atoms with Crippen LogP contribution in [0.25, 0.3) is 0 Å². The van der Waals surface area contributed by atoms with Crippen LogP contribution >= 0.6 is 11.8 Å². The second-order valence-corrected chi connectivity index (χ2v) is 4.41. The highest BCUT2D eigenvalue weighted by molar-refractivity contribution is 8.00. The molecule has 1 aromatic rings. The van der Waals surface area contributed by atoms with E-state index in [2.05, 4.69) is 0 Å². The number of nitrogen functional groups attached to an aromatic ring is 1. The van der Waals surface area contributed by atoms with Gasteiger partial charge in [0.15, 0.2) is 0 Å². The fraction of sp³-hybridized carbons (Fsp3) is 0.300. The minimum Gasteiger partial charge on any atom is -0.398 e. The van der Waals surface area contributed by atoms with Crippen LogP contribution in [0.3, 0.4) is 0 Å². The first-order chi connectivity index (χ1) is 7.28. The number of Topliss-reactive ketones (excluding diaryl/α,β-unsaturated/α-hetero) is 1. The van der Waals surface area contributed by atoms with Crippen LogP contribution < -0.4 is 5.73 Å². The smallest absolute Gasteiger partial charge is 0.398 e. The van der Waals surface area contributed by atoms with Crippen LogP contribution in [0.2, 0.25) is 0 Å². The van der Waals surface area contributed by atoms with Crippen LogP contribution in [-0.4, -0.2) is 11.3 Å². The van der Waals surface area contributed by atoms with Gasteiger partial charge < -0.3 is 5.73 Å². The maximum atomic E-state index is 12.2. The van der Waals surface area contributed by atoms with Crippen LogP contribution in [0.5, 0.6) is 0 Å². The second-order valence-electron chi connectivity index (χ2n) is 3.30. The van der Waals surface area contributed by atoms with E-state index in [1.54, 1.807) is 6.07 Å². The van der Waals surface area contributed by atoms with Crippen molar-refractivity contribution in [2.24, 2.45) is 0 Å². The number of hydrogen-bond acceptors (Lipinski definition) is 3. The monoisotopic (exact) mass is 249 g/mol. The van der Waals surface area contributed by atoms with Crippen LogP contribution in [0.15, 0.2) is 23.1 Å². The number of benzene rings is 1. The van der Waals surface area contributed by atoms with Crippen molar-refractivity contribution in [1.82, 2.24) is 0 Å². The Kier molecular flexibility index (Phi) is 3.85. The molecule has 0 heterocycles. The standard InChI is InChI=1S/C10H10F3NOS/c1-6(15)4-7-2-3-8(14)9(5-7)16-10(11,12)13/h2-3,5H,4,14H2,1H3. The lowest BCUT2D eigenvalue weighted by molar-refractivity contribution is -0.116. The SMILES string of the molecule is CC(=O)Cc1ccc(N)c(SC(F)(F)F)c1. The molecule has 1 rings (SSSR count). The molecule has 0 amide bonds. The zero-order chi connectivity index (χ0) is 12.3. The minimum absolute atomic E-state index is 0.0637. The highest BCUT2D eigenvalue weighted by Gasteiger charge is 2.30. The number of rotatable bonds is 3. The van der Waals surface area contributed by atoms with Gasteiger partial charge in [0.25, 0.3) is 0 Å². The number of nitrogens with two attached hydrogens (primary N) is 1. The van der Waals surface area contributed by atoms with E-state index in [9.17, 15) is 18.0 Å². The van der Waals surface area contributed by atoms with Gasteiger partial charge in [0.1, 0.15) is 5.78 Å². The third kappa shape index (κ3) is 4.14. The van der Waals surface area contributed by atoms with Crippen LogP contribution in [-0.2, 0) is 11.2 Å². The molecular weight excluding hydrogens is 239 g/mol. The van der Waals surface area contributed by atoms with E-state index >= 15 is 0 Å². The van der Waals surface area contributed by atoms with Gasteiger partial charge in [-0.05, 0) is 36.4 Å². The van der Waals surface area contributed by atoms with Crippen molar-refractivity contribution in [3.8, 4) is 0 Å². The molecule has 0 fully saturated rings. The molecule has 0 aromatic heterocycles. The van der Waals surface area contributed by atoms with Gasteiger partial charge in [0.05, 0.1) is 0 Å². The van der Waals surface area contributed by atoms with Crippen molar-refractivity contribution in [3.05, 3.63) is 23.8 Å². The van der Waals surface area contributed by atoms with E-state index in [0.717, 1.165) is 0 Å². The summed E-state index contributed by atoms with van der Waals surface area (Å²) < 4.78 is 36.5. The van der Waals surface area contributed by atoms with Crippen molar-refractivity contribution < 1.29 is 18.0 Å². The predicted molar refractivity (Wildman–Crippen MR) is 57.2 cm³/mol. The third-order valence-corrected chi connectivity index (χ3v) is 2.56. The molecule has 0 bridgehead atoms. The zero-order valence-electron chi connectivity index (χ0n) is 8.47. The average Bonchev–Trinajstić information content (AvgIpc) is 2.07. The molecule has 0 saturated heterocycles. The number of carbonyl (C=O) groups is 1. The van der Waals surface area contributed by atoms with E-state index in [4.69, 9.17) is 5.73 Å². The molecule has 2 nitrogen and oxygen atoms in total. The third-order valence-electron chi connectivity index (χ3n) is 1.76. The van der Waals surface area contributed by atoms with Crippen molar-refractivity contribution >= 4 is 23.2 Å². The Labute approximate surface area is 95.0 Å². The Morgan fingerprint density at radius 3 is 2.56 bits per heavy atom. The van der Waals surface area contributed by atoms with Crippen molar-refractivity contribution in [1.29, 1.82) is 0 Å². The summed E-state index contributed by atoms with van der Waals surface area (Å²) in [7, 11) is 0. The number of ketones is 1. The molecule has 1 aromatic carbocycles. The van der Waals surface area contributed by atoms with Gasteiger partial charge in [-0.25, -0.2) is 0 Å². The molecular formula is C10H10F3NOS. The first kappa shape index (κ1) is 12.9. The predicted octanol–water partition coefficient (Wildman–Crippen LogP) is 3.01. The molecule has 2 N–H and O–H groups in total. The molecule has 88 valence electrons. The maximum absolute atomic E-state index is 12.2. The second kappa shape index (κ2) is 4.78. The summed E-state index contributed by atoms with van der Waals surface area (Å²) in [4.78, 5) is 10.8. The van der Waals surface area contributed by atoms with E-state index in [0.29, 0.717) is 5.56 Å². The van der Waals surface area contributed by atoms with E-state index in [1.165, 1.54) is 19.1 Å². The highest BCUT2D eigenvalue weighted by Crippen LogP contribution is 2.39. The van der Waals surface area contributed by atoms with Crippen LogP contribution in [0, 0.1) is 0 Å². The number of carbonyl (C=O) groups excluding carboxylic acids is 1. The summed E-state index contributed by atoms with van der Waals surface area (Å²) in [5, 5.41) is 0. The number of hydrogen-bond donors (Lipinski definition) is 1. The van der Waals surface area contributed by atoms with E-state index in [-0.39, 0.29) is 34.5 Å². The summed E-state index contributed by atoms with van der Waals surface area (Å²) in [6.07, 6.45) is 0.117. The van der Waals surface area contributed by atoms with Gasteiger partial charge in [0.2, 0.25) is 0 Å². The van der Waals surface area contributed by atoms with E-state index in [1.807, 2.05) is 0 Å². The largest absolute Gasteiger partial charge is 0.446 e. The molecule has 0 atom stereocenters. The molecule has 6 heteroatoms. The normalized spacial score (nSPS) is 11.5. The molecule has 0 spiro atoms. The fourth-order valence-corrected chi connectivity index (χ4v) is 1.83. The quantitative estimate of drug-likeness (QED) is 0.661. The Balaban J connectivity index is 2.95. The summed E-state index contributed by atoms with van der Waals surface area (Å²) in [6, 6.07) is 4.23. The van der Waals surface area contributed by atoms with Crippen LogP contribution in [0.4, 0.5) is 18.9 Å². The molecule has 0 saturated carbocycles. The molecule has 0 radical (unpaired) electrons. The lowest BCUT2D eigenvalue weighted by Crippen LogP contribution is -2.03. The average molecular weight is 249 g/mol. The summed E-state index contributed by atoms with van der Waals surface area (Å²) in [5.74, 6) is -0.104. The number of anilines is 1. The fourth-order valence-electron chi connectivity index (χ4n) is 1.19. The topological polar surface area (TPSA) is 43.1 Å². The summed E-state index contributed by atoms with van der Waals surface area (Å²) >= 11 is -0.268. The van der Waals surface area contributed by atoms with E-state index < -0.39 is 5.51 Å². The van der Waals surface area contributed by atoms with Gasteiger partial charge in [-0.1, -0.05) is 6.07 Å². The van der Waals surface area contributed by atoms with Gasteiger partial charge >= 0.3 is 5.51 Å². The number of halogens is 3. The molecule has 16 heavy (non-hydrogen) atoms. The first-order valence-corrected chi connectivity index (χ1v) is 5.23. The number of alkyl halides is 3. The Hall–Kier alpha value is -1.17. The van der Waals surface area contributed by atoms with Gasteiger partial charge in [-0.2, -0.15) is 13.2 Å². The first-order valence-electron chi connectivity index (χ1n) is 4.41. The van der Waals surface area contributed by atoms with Crippen molar-refractivity contribution in [2.45, 2.75) is 23.7 Å². The molecule has 0 unspecified atom stereocenters. The lowest BCUT2D eigenvalue weighted by atomic mass is 10.1. The molecule has 0 aliphatic carbocycles. The Morgan fingerprint density at radius 2 is 2.06 bits per heavy atom. The van der Waals surface area contributed by atoms with Gasteiger partial charge in [-0.3, -0.25) is 4.79 Å². The van der Waals surface area contributed by atoms with Crippen molar-refractivity contribution in [3.63, 3.8) is 0 Å². The number of thioether (sulfide) groups is 1. The highest BCUT2D eigenvalue weighted by atomic mass is 32.2. The minimum atomic E-state index is -4.37. The summed E-state index contributed by atoms with van der Waals surface area (Å²) in [5.41, 5.74) is 1.65.